The summed E-state index contributed by atoms with van der Waals surface area (Å²) in [4.78, 5) is 4.91. The summed E-state index contributed by atoms with van der Waals surface area (Å²) < 4.78 is 0. The summed E-state index contributed by atoms with van der Waals surface area (Å²) in [5, 5.41) is 0. The van der Waals surface area contributed by atoms with Gasteiger partial charge < -0.3 is 10.6 Å². The molecule has 0 bridgehead atoms. The summed E-state index contributed by atoms with van der Waals surface area (Å²) in [6, 6.07) is 0. The van der Waals surface area contributed by atoms with E-state index in [1.807, 2.05) is 0 Å². The van der Waals surface area contributed by atoms with E-state index in [1.54, 1.807) is 0 Å². The second-order valence-corrected chi connectivity index (χ2v) is 6.59. The summed E-state index contributed by atoms with van der Waals surface area (Å²) >= 11 is 0. The van der Waals surface area contributed by atoms with Gasteiger partial charge in [0.1, 0.15) is 0 Å². The van der Waals surface area contributed by atoms with Crippen LogP contribution in [0, 0.1) is 11.8 Å². The molecule has 0 unspecified atom stereocenters. The van der Waals surface area contributed by atoms with Crippen molar-refractivity contribution in [2.24, 2.45) is 17.6 Å². The molecule has 1 aliphatic carbocycles. The molecule has 0 aromatic carbocycles. The molecule has 0 atom stereocenters. The molecule has 102 valence electrons. The molecule has 3 heteroatoms. The van der Waals surface area contributed by atoms with Crippen LogP contribution in [0.2, 0.25) is 0 Å². The van der Waals surface area contributed by atoms with Crippen LogP contribution in [0.15, 0.2) is 0 Å². The Morgan fingerprint density at radius 3 is 2.18 bits per heavy atom. The minimum Gasteiger partial charge on any atom is -0.329 e. The first-order valence-corrected chi connectivity index (χ1v) is 6.99. The number of likely N-dealkylation sites (N-methyl/N-ethyl adjacent to an activating group) is 1. The maximum atomic E-state index is 6.06. The highest BCUT2D eigenvalue weighted by molar-refractivity contribution is 5.02. The van der Waals surface area contributed by atoms with Crippen molar-refractivity contribution in [2.45, 2.75) is 39.2 Å². The zero-order valence-corrected chi connectivity index (χ0v) is 12.4. The standard InChI is InChI=1S/C14H31N3/c1-12(2)10-17(7-6-16(4)5)14(11-15)8-13(3)9-14/h12-13H,6-11,15H2,1-5H3. The third-order valence-electron chi connectivity index (χ3n) is 3.91. The number of nitrogens with two attached hydrogens (primary N) is 1. The highest BCUT2D eigenvalue weighted by Gasteiger charge is 2.45. The summed E-state index contributed by atoms with van der Waals surface area (Å²) in [6.07, 6.45) is 2.56. The third kappa shape index (κ3) is 3.94. The van der Waals surface area contributed by atoms with Crippen LogP contribution in [-0.2, 0) is 0 Å². The normalized spacial score (nSPS) is 29.1. The summed E-state index contributed by atoms with van der Waals surface area (Å²) in [5.41, 5.74) is 6.36. The topological polar surface area (TPSA) is 32.5 Å². The smallest absolute Gasteiger partial charge is 0.0337 e. The van der Waals surface area contributed by atoms with E-state index in [2.05, 4.69) is 44.7 Å². The Morgan fingerprint density at radius 2 is 1.82 bits per heavy atom. The Hall–Kier alpha value is -0.120. The van der Waals surface area contributed by atoms with Crippen LogP contribution in [0.5, 0.6) is 0 Å². The lowest BCUT2D eigenvalue weighted by Crippen LogP contribution is -2.62. The predicted molar refractivity (Wildman–Crippen MR) is 75.1 cm³/mol. The average Bonchev–Trinajstić information content (AvgIpc) is 2.18. The summed E-state index contributed by atoms with van der Waals surface area (Å²) in [7, 11) is 4.29. The monoisotopic (exact) mass is 241 g/mol. The van der Waals surface area contributed by atoms with Crippen LogP contribution < -0.4 is 5.73 Å². The van der Waals surface area contributed by atoms with Crippen molar-refractivity contribution in [1.82, 2.24) is 9.80 Å². The number of nitrogens with zero attached hydrogens (tertiary/aromatic N) is 2. The second-order valence-electron chi connectivity index (χ2n) is 6.59. The van der Waals surface area contributed by atoms with Crippen molar-refractivity contribution in [3.05, 3.63) is 0 Å². The fraction of sp³-hybridized carbons (Fsp3) is 1.00. The fourth-order valence-corrected chi connectivity index (χ4v) is 3.08. The minimum absolute atomic E-state index is 0.305. The first-order chi connectivity index (χ1) is 7.89. The van der Waals surface area contributed by atoms with Gasteiger partial charge in [0.25, 0.3) is 0 Å². The van der Waals surface area contributed by atoms with Crippen molar-refractivity contribution >= 4 is 0 Å². The van der Waals surface area contributed by atoms with E-state index >= 15 is 0 Å². The molecule has 1 fully saturated rings. The van der Waals surface area contributed by atoms with E-state index in [0.29, 0.717) is 5.54 Å². The molecule has 1 rings (SSSR count). The quantitative estimate of drug-likeness (QED) is 0.735. The van der Waals surface area contributed by atoms with Gasteiger partial charge in [0.05, 0.1) is 0 Å². The Kier molecular flexibility index (Phi) is 5.42. The fourth-order valence-electron chi connectivity index (χ4n) is 3.08. The van der Waals surface area contributed by atoms with Crippen molar-refractivity contribution in [1.29, 1.82) is 0 Å². The number of hydrogen-bond donors (Lipinski definition) is 1. The van der Waals surface area contributed by atoms with Crippen LogP contribution in [0.1, 0.15) is 33.6 Å². The lowest BCUT2D eigenvalue weighted by atomic mass is 9.67. The molecule has 0 spiro atoms. The predicted octanol–water partition coefficient (Wildman–Crippen LogP) is 1.63. The molecule has 0 aromatic rings. The number of hydrogen-bond acceptors (Lipinski definition) is 3. The molecule has 1 saturated carbocycles. The molecule has 3 nitrogen and oxygen atoms in total. The van der Waals surface area contributed by atoms with Crippen molar-refractivity contribution in [2.75, 3.05) is 40.3 Å². The zero-order valence-electron chi connectivity index (χ0n) is 12.4. The van der Waals surface area contributed by atoms with Crippen LogP contribution in [0.25, 0.3) is 0 Å². The average molecular weight is 241 g/mol. The minimum atomic E-state index is 0.305. The van der Waals surface area contributed by atoms with Gasteiger partial charge in [-0.2, -0.15) is 0 Å². The van der Waals surface area contributed by atoms with Gasteiger partial charge >= 0.3 is 0 Å². The van der Waals surface area contributed by atoms with E-state index in [9.17, 15) is 0 Å². The highest BCUT2D eigenvalue weighted by atomic mass is 15.2. The van der Waals surface area contributed by atoms with Gasteiger partial charge in [0, 0.05) is 31.7 Å². The molecule has 17 heavy (non-hydrogen) atoms. The molecule has 0 radical (unpaired) electrons. The van der Waals surface area contributed by atoms with Crippen molar-refractivity contribution in [3.8, 4) is 0 Å². The maximum absolute atomic E-state index is 6.06. The molecule has 1 aliphatic rings. The van der Waals surface area contributed by atoms with Gasteiger partial charge in [-0.25, -0.2) is 0 Å². The van der Waals surface area contributed by atoms with E-state index in [-0.39, 0.29) is 0 Å². The van der Waals surface area contributed by atoms with Gasteiger partial charge in [0.2, 0.25) is 0 Å². The molecular formula is C14H31N3. The highest BCUT2D eigenvalue weighted by Crippen LogP contribution is 2.41. The number of rotatable bonds is 7. The van der Waals surface area contributed by atoms with Crippen LogP contribution in [0.4, 0.5) is 0 Å². The second kappa shape index (κ2) is 6.17. The van der Waals surface area contributed by atoms with Gasteiger partial charge in [0.15, 0.2) is 0 Å². The SMILES string of the molecule is CC(C)CN(CCN(C)C)C1(CN)CC(C)C1. The molecule has 0 aliphatic heterocycles. The largest absolute Gasteiger partial charge is 0.329 e. The van der Waals surface area contributed by atoms with E-state index in [0.717, 1.165) is 31.5 Å². The lowest BCUT2D eigenvalue weighted by Gasteiger charge is -2.54. The molecule has 0 heterocycles. The Morgan fingerprint density at radius 1 is 1.24 bits per heavy atom. The van der Waals surface area contributed by atoms with Crippen molar-refractivity contribution in [3.63, 3.8) is 0 Å². The van der Waals surface area contributed by atoms with E-state index in [1.165, 1.54) is 19.4 Å². The van der Waals surface area contributed by atoms with E-state index in [4.69, 9.17) is 5.73 Å². The van der Waals surface area contributed by atoms with E-state index < -0.39 is 0 Å². The lowest BCUT2D eigenvalue weighted by molar-refractivity contribution is -0.0224. The van der Waals surface area contributed by atoms with Crippen LogP contribution in [0.3, 0.4) is 0 Å². The Labute approximate surface area is 107 Å². The van der Waals surface area contributed by atoms with Gasteiger partial charge in [-0.3, -0.25) is 4.90 Å². The molecule has 0 amide bonds. The first kappa shape index (κ1) is 14.9. The molecule has 2 N–H and O–H groups in total. The van der Waals surface area contributed by atoms with Crippen LogP contribution >= 0.6 is 0 Å². The Bertz CT molecular complexity index is 220. The molecule has 0 aromatic heterocycles. The zero-order chi connectivity index (χ0) is 13.1. The maximum Gasteiger partial charge on any atom is 0.0337 e. The Balaban J connectivity index is 2.60. The van der Waals surface area contributed by atoms with Gasteiger partial charge in [-0.05, 0) is 38.8 Å². The molecular weight excluding hydrogens is 210 g/mol. The van der Waals surface area contributed by atoms with Crippen LogP contribution in [-0.4, -0.2) is 55.6 Å². The summed E-state index contributed by atoms with van der Waals surface area (Å²) in [6.45, 7) is 11.2. The van der Waals surface area contributed by atoms with Gasteiger partial charge in [-0.1, -0.05) is 20.8 Å². The van der Waals surface area contributed by atoms with Crippen molar-refractivity contribution < 1.29 is 0 Å². The van der Waals surface area contributed by atoms with Gasteiger partial charge in [-0.15, -0.1) is 0 Å². The summed E-state index contributed by atoms with van der Waals surface area (Å²) in [5.74, 6) is 1.57. The molecule has 0 saturated heterocycles. The third-order valence-corrected chi connectivity index (χ3v) is 3.91. The first-order valence-electron chi connectivity index (χ1n) is 6.99.